The van der Waals surface area contributed by atoms with E-state index in [0.717, 1.165) is 4.57 Å². The number of aryl methyl sites for hydroxylation is 1. The molecule has 0 saturated carbocycles. The third-order valence-electron chi connectivity index (χ3n) is 3.20. The lowest BCUT2D eigenvalue weighted by molar-refractivity contribution is 0.368. The molecule has 3 aromatic rings. The molecule has 3 rings (SSSR count). The maximum atomic E-state index is 12.1. The molecule has 9 nitrogen and oxygen atoms in total. The van der Waals surface area contributed by atoms with Crippen LogP contribution >= 0.6 is 0 Å². The molecule has 0 aliphatic rings. The fourth-order valence-corrected chi connectivity index (χ4v) is 2.09. The van der Waals surface area contributed by atoms with Gasteiger partial charge in [0, 0.05) is 25.8 Å². The third-order valence-corrected chi connectivity index (χ3v) is 3.20. The van der Waals surface area contributed by atoms with Crippen molar-refractivity contribution in [2.75, 3.05) is 0 Å². The second-order valence-electron chi connectivity index (χ2n) is 4.53. The third kappa shape index (κ3) is 1.82. The van der Waals surface area contributed by atoms with E-state index in [4.69, 9.17) is 4.52 Å². The first-order valence-electron chi connectivity index (χ1n) is 6.12. The number of hydrogen-bond acceptors (Lipinski definition) is 6. The van der Waals surface area contributed by atoms with Gasteiger partial charge in [-0.2, -0.15) is 0 Å². The van der Waals surface area contributed by atoms with Gasteiger partial charge in [0.25, 0.3) is 5.56 Å². The molecule has 0 spiro atoms. The first kappa shape index (κ1) is 13.0. The summed E-state index contributed by atoms with van der Waals surface area (Å²) in [6.07, 6.45) is 2.07. The first-order valence-corrected chi connectivity index (χ1v) is 6.12. The number of aromatic nitrogens is 6. The summed E-state index contributed by atoms with van der Waals surface area (Å²) in [4.78, 5) is 31.1. The van der Waals surface area contributed by atoms with Gasteiger partial charge in [-0.05, 0) is 0 Å². The summed E-state index contributed by atoms with van der Waals surface area (Å²) in [5.41, 5.74) is -0.0304. The maximum Gasteiger partial charge on any atom is 0.332 e. The zero-order valence-electron chi connectivity index (χ0n) is 11.5. The number of H-pyrrole nitrogens is 1. The van der Waals surface area contributed by atoms with Crippen LogP contribution in [-0.2, 0) is 20.5 Å². The largest absolute Gasteiger partial charge is 0.341 e. The smallest absolute Gasteiger partial charge is 0.332 e. The molecule has 0 unspecified atom stereocenters. The molecule has 21 heavy (non-hydrogen) atoms. The number of nitrogens with zero attached hydrogens (tertiary/aromatic N) is 5. The second kappa shape index (κ2) is 4.54. The van der Waals surface area contributed by atoms with Gasteiger partial charge in [0.1, 0.15) is 5.52 Å². The van der Waals surface area contributed by atoms with Crippen molar-refractivity contribution in [3.05, 3.63) is 39.3 Å². The highest BCUT2D eigenvalue weighted by molar-refractivity contribution is 5.74. The van der Waals surface area contributed by atoms with Gasteiger partial charge >= 0.3 is 5.69 Å². The summed E-state index contributed by atoms with van der Waals surface area (Å²) in [5, 5.41) is 7.33. The van der Waals surface area contributed by atoms with Crippen LogP contribution in [0, 0.1) is 0 Å². The first-order chi connectivity index (χ1) is 10.0. The summed E-state index contributed by atoms with van der Waals surface area (Å²) in [5.74, 6) is 0.798. The Morgan fingerprint density at radius 1 is 1.33 bits per heavy atom. The van der Waals surface area contributed by atoms with E-state index in [1.165, 1.54) is 11.6 Å². The average Bonchev–Trinajstić information content (AvgIpc) is 3.09. The molecule has 0 fully saturated rings. The van der Waals surface area contributed by atoms with E-state index in [0.29, 0.717) is 23.7 Å². The minimum Gasteiger partial charge on any atom is -0.341 e. The van der Waals surface area contributed by atoms with E-state index in [1.54, 1.807) is 13.1 Å². The lowest BCUT2D eigenvalue weighted by atomic mass is 10.2. The Hall–Kier alpha value is -2.97. The lowest BCUT2D eigenvalue weighted by Gasteiger charge is -2.00. The lowest BCUT2D eigenvalue weighted by Crippen LogP contribution is -2.36. The molecular weight excluding hydrogens is 276 g/mol. The Balaban J connectivity index is 2.32. The van der Waals surface area contributed by atoms with Gasteiger partial charge < -0.3 is 9.51 Å². The van der Waals surface area contributed by atoms with Gasteiger partial charge in [0.05, 0.1) is 0 Å². The van der Waals surface area contributed by atoms with E-state index in [2.05, 4.69) is 26.9 Å². The van der Waals surface area contributed by atoms with Gasteiger partial charge in [-0.25, -0.2) is 9.78 Å². The summed E-state index contributed by atoms with van der Waals surface area (Å²) >= 11 is 0. The van der Waals surface area contributed by atoms with E-state index in [1.807, 2.05) is 0 Å². The van der Waals surface area contributed by atoms with Crippen molar-refractivity contribution in [1.29, 1.82) is 0 Å². The second-order valence-corrected chi connectivity index (χ2v) is 4.53. The monoisotopic (exact) mass is 288 g/mol. The summed E-state index contributed by atoms with van der Waals surface area (Å²) < 4.78 is 7.32. The van der Waals surface area contributed by atoms with E-state index < -0.39 is 11.2 Å². The Morgan fingerprint density at radius 3 is 2.81 bits per heavy atom. The molecule has 0 aliphatic heterocycles. The van der Waals surface area contributed by atoms with Crippen molar-refractivity contribution in [2.24, 2.45) is 14.1 Å². The Labute approximate surface area is 117 Å². The Kier molecular flexibility index (Phi) is 2.82. The number of hydrogen-bond donors (Lipinski definition) is 1. The standard InChI is InChI=1S/C12H12N6O3/c1-4-5-6-7(15-16-21-6)9-13-8-10(14-9)17(2)12(20)18(3)11(8)19/h4H,1,5H2,2-3H3,(H,13,14). The summed E-state index contributed by atoms with van der Waals surface area (Å²) in [6, 6.07) is 0. The molecule has 0 bridgehead atoms. The van der Waals surface area contributed by atoms with Crippen molar-refractivity contribution in [3.8, 4) is 11.5 Å². The van der Waals surface area contributed by atoms with E-state index in [-0.39, 0.29) is 11.2 Å². The van der Waals surface area contributed by atoms with Crippen molar-refractivity contribution < 1.29 is 4.52 Å². The molecule has 3 heterocycles. The van der Waals surface area contributed by atoms with Crippen LogP contribution < -0.4 is 11.2 Å². The van der Waals surface area contributed by atoms with Gasteiger partial charge in [-0.15, -0.1) is 11.7 Å². The molecule has 0 aromatic carbocycles. The number of imidazole rings is 1. The van der Waals surface area contributed by atoms with Gasteiger partial charge in [-0.1, -0.05) is 6.08 Å². The van der Waals surface area contributed by atoms with Crippen molar-refractivity contribution in [1.82, 2.24) is 29.5 Å². The van der Waals surface area contributed by atoms with Gasteiger partial charge in [-0.3, -0.25) is 13.9 Å². The average molecular weight is 288 g/mol. The molecule has 0 aliphatic carbocycles. The molecule has 3 aromatic heterocycles. The number of fused-ring (bicyclic) bond motifs is 1. The highest BCUT2D eigenvalue weighted by Gasteiger charge is 2.19. The Bertz CT molecular complexity index is 958. The highest BCUT2D eigenvalue weighted by atomic mass is 16.5. The molecular formula is C12H12N6O3. The molecule has 9 heteroatoms. The van der Waals surface area contributed by atoms with E-state index >= 15 is 0 Å². The predicted octanol–water partition coefficient (Wildman–Crippen LogP) is -0.261. The minimum atomic E-state index is -0.450. The number of aromatic amines is 1. The Morgan fingerprint density at radius 2 is 2.10 bits per heavy atom. The topological polar surface area (TPSA) is 112 Å². The number of allylic oxidation sites excluding steroid dienone is 1. The highest BCUT2D eigenvalue weighted by Crippen LogP contribution is 2.20. The molecule has 0 atom stereocenters. The SMILES string of the molecule is C=CCc1onnc1-c1nc2c([nH]1)c(=O)n(C)c(=O)n2C. The normalized spacial score (nSPS) is 11.1. The van der Waals surface area contributed by atoms with E-state index in [9.17, 15) is 9.59 Å². The number of rotatable bonds is 3. The molecule has 1 N–H and O–H groups in total. The van der Waals surface area contributed by atoms with Crippen LogP contribution in [0.2, 0.25) is 0 Å². The zero-order valence-corrected chi connectivity index (χ0v) is 11.5. The number of nitrogens with one attached hydrogen (secondary N) is 1. The van der Waals surface area contributed by atoms with Gasteiger partial charge in [0.15, 0.2) is 22.9 Å². The van der Waals surface area contributed by atoms with Crippen molar-refractivity contribution >= 4 is 11.2 Å². The van der Waals surface area contributed by atoms with Crippen LogP contribution in [0.3, 0.4) is 0 Å². The molecule has 0 amide bonds. The van der Waals surface area contributed by atoms with Crippen LogP contribution in [0.5, 0.6) is 0 Å². The molecule has 0 saturated heterocycles. The fourth-order valence-electron chi connectivity index (χ4n) is 2.09. The van der Waals surface area contributed by atoms with Crippen LogP contribution in [0.15, 0.2) is 26.8 Å². The van der Waals surface area contributed by atoms with Crippen LogP contribution in [0.25, 0.3) is 22.7 Å². The van der Waals surface area contributed by atoms with Crippen molar-refractivity contribution in [3.63, 3.8) is 0 Å². The van der Waals surface area contributed by atoms with Crippen LogP contribution in [-0.4, -0.2) is 29.5 Å². The fraction of sp³-hybridized carbons (Fsp3) is 0.250. The van der Waals surface area contributed by atoms with Crippen LogP contribution in [0.1, 0.15) is 5.76 Å². The quantitative estimate of drug-likeness (QED) is 0.664. The van der Waals surface area contributed by atoms with Crippen molar-refractivity contribution in [2.45, 2.75) is 6.42 Å². The zero-order chi connectivity index (χ0) is 15.1. The maximum absolute atomic E-state index is 12.1. The summed E-state index contributed by atoms with van der Waals surface area (Å²) in [7, 11) is 2.95. The van der Waals surface area contributed by atoms with Gasteiger partial charge in [0.2, 0.25) is 0 Å². The predicted molar refractivity (Wildman–Crippen MR) is 73.8 cm³/mol. The summed E-state index contributed by atoms with van der Waals surface area (Å²) in [6.45, 7) is 3.62. The molecule has 0 radical (unpaired) electrons. The minimum absolute atomic E-state index is 0.224. The van der Waals surface area contributed by atoms with Crippen LogP contribution in [0.4, 0.5) is 0 Å². The molecule has 108 valence electrons.